The summed E-state index contributed by atoms with van der Waals surface area (Å²) in [6.45, 7) is -0.209. The second-order valence-electron chi connectivity index (χ2n) is 5.72. The summed E-state index contributed by atoms with van der Waals surface area (Å²) >= 11 is 0. The SMILES string of the molecule is COc1ccc(-c2cc(CN3C(=O)c4ccccc4S3(=O)=O)on2)cc1. The maximum Gasteiger partial charge on any atom is 0.269 e. The molecule has 0 saturated carbocycles. The maximum absolute atomic E-state index is 12.6. The Morgan fingerprint density at radius 1 is 1.12 bits per heavy atom. The number of benzene rings is 2. The molecule has 4 rings (SSSR count). The van der Waals surface area contributed by atoms with Gasteiger partial charge in [0, 0.05) is 11.6 Å². The molecule has 7 nitrogen and oxygen atoms in total. The number of hydrogen-bond donors (Lipinski definition) is 0. The predicted molar refractivity (Wildman–Crippen MR) is 92.0 cm³/mol. The molecule has 26 heavy (non-hydrogen) atoms. The average molecular weight is 370 g/mol. The van der Waals surface area contributed by atoms with Crippen LogP contribution in [0.25, 0.3) is 11.3 Å². The Hall–Kier alpha value is -3.13. The molecule has 1 aromatic heterocycles. The van der Waals surface area contributed by atoms with E-state index in [0.29, 0.717) is 11.4 Å². The van der Waals surface area contributed by atoms with Crippen LogP contribution in [0.3, 0.4) is 0 Å². The lowest BCUT2D eigenvalue weighted by molar-refractivity contribution is 0.0856. The minimum atomic E-state index is -3.88. The van der Waals surface area contributed by atoms with E-state index in [0.717, 1.165) is 9.87 Å². The van der Waals surface area contributed by atoms with E-state index < -0.39 is 15.9 Å². The first-order valence-corrected chi connectivity index (χ1v) is 9.21. The summed E-state index contributed by atoms with van der Waals surface area (Å²) in [5.41, 5.74) is 1.51. The molecule has 0 unspecified atom stereocenters. The summed E-state index contributed by atoms with van der Waals surface area (Å²) in [6, 6.07) is 15.0. The lowest BCUT2D eigenvalue weighted by Gasteiger charge is -2.12. The van der Waals surface area contributed by atoms with Gasteiger partial charge in [-0.2, -0.15) is 0 Å². The Bertz CT molecular complexity index is 1090. The third-order valence-electron chi connectivity index (χ3n) is 4.16. The fraction of sp³-hybridized carbons (Fsp3) is 0.111. The molecule has 0 radical (unpaired) electrons. The van der Waals surface area contributed by atoms with E-state index >= 15 is 0 Å². The van der Waals surface area contributed by atoms with Crippen molar-refractivity contribution in [3.05, 3.63) is 65.9 Å². The topological polar surface area (TPSA) is 89.7 Å². The molecule has 0 saturated heterocycles. The Morgan fingerprint density at radius 3 is 2.54 bits per heavy atom. The Kier molecular flexibility index (Phi) is 3.77. The van der Waals surface area contributed by atoms with Gasteiger partial charge in [0.05, 0.1) is 19.2 Å². The molecular formula is C18H14N2O5S. The molecule has 2 heterocycles. The molecule has 1 aliphatic rings. The number of nitrogens with zero attached hydrogens (tertiary/aromatic N) is 2. The van der Waals surface area contributed by atoms with Crippen molar-refractivity contribution < 1.29 is 22.5 Å². The zero-order chi connectivity index (χ0) is 18.3. The maximum atomic E-state index is 12.6. The van der Waals surface area contributed by atoms with E-state index in [1.807, 2.05) is 12.1 Å². The first kappa shape index (κ1) is 16.3. The van der Waals surface area contributed by atoms with Crippen LogP contribution in [0.15, 0.2) is 64.0 Å². The molecule has 0 spiro atoms. The van der Waals surface area contributed by atoms with Crippen molar-refractivity contribution in [2.45, 2.75) is 11.4 Å². The Balaban J connectivity index is 1.61. The zero-order valence-electron chi connectivity index (χ0n) is 13.7. The average Bonchev–Trinajstić information content (AvgIpc) is 3.20. The predicted octanol–water partition coefficient (Wildman–Crippen LogP) is 2.69. The standard InChI is InChI=1S/C18H14N2O5S/c1-24-13-8-6-12(7-9-13)16-10-14(25-19-16)11-20-18(21)15-4-2-3-5-17(15)26(20,22)23/h2-10H,11H2,1H3. The van der Waals surface area contributed by atoms with Crippen LogP contribution < -0.4 is 4.74 Å². The van der Waals surface area contributed by atoms with Crippen LogP contribution in [0.5, 0.6) is 5.75 Å². The Morgan fingerprint density at radius 2 is 1.85 bits per heavy atom. The highest BCUT2D eigenvalue weighted by molar-refractivity contribution is 7.90. The van der Waals surface area contributed by atoms with Crippen LogP contribution in [-0.2, 0) is 16.6 Å². The smallest absolute Gasteiger partial charge is 0.269 e. The normalized spacial score (nSPS) is 15.1. The van der Waals surface area contributed by atoms with Gasteiger partial charge in [0.25, 0.3) is 15.9 Å². The van der Waals surface area contributed by atoms with E-state index in [2.05, 4.69) is 5.16 Å². The summed E-state index contributed by atoms with van der Waals surface area (Å²) in [5.74, 6) is 0.424. The van der Waals surface area contributed by atoms with Gasteiger partial charge in [0.15, 0.2) is 5.76 Å². The summed E-state index contributed by atoms with van der Waals surface area (Å²) in [7, 11) is -2.30. The number of hydrogen-bond acceptors (Lipinski definition) is 6. The van der Waals surface area contributed by atoms with Crippen LogP contribution in [0, 0.1) is 0 Å². The molecule has 0 aliphatic carbocycles. The van der Waals surface area contributed by atoms with Gasteiger partial charge in [-0.25, -0.2) is 12.7 Å². The summed E-state index contributed by atoms with van der Waals surface area (Å²) < 4.78 is 36.3. The van der Waals surface area contributed by atoms with E-state index in [1.165, 1.54) is 12.1 Å². The van der Waals surface area contributed by atoms with Gasteiger partial charge >= 0.3 is 0 Å². The molecule has 1 amide bonds. The lowest BCUT2D eigenvalue weighted by atomic mass is 10.1. The molecule has 132 valence electrons. The minimum absolute atomic E-state index is 0.0138. The van der Waals surface area contributed by atoms with Gasteiger partial charge < -0.3 is 9.26 Å². The molecule has 2 aromatic carbocycles. The van der Waals surface area contributed by atoms with E-state index in [9.17, 15) is 13.2 Å². The first-order valence-electron chi connectivity index (χ1n) is 7.77. The van der Waals surface area contributed by atoms with E-state index in [1.54, 1.807) is 37.4 Å². The first-order chi connectivity index (χ1) is 12.5. The highest BCUT2D eigenvalue weighted by Gasteiger charge is 2.41. The number of amides is 1. The van der Waals surface area contributed by atoms with Crippen molar-refractivity contribution in [2.24, 2.45) is 0 Å². The number of rotatable bonds is 4. The van der Waals surface area contributed by atoms with E-state index in [-0.39, 0.29) is 22.8 Å². The fourth-order valence-electron chi connectivity index (χ4n) is 2.81. The number of sulfonamides is 1. The molecule has 0 bridgehead atoms. The molecule has 3 aromatic rings. The number of aromatic nitrogens is 1. The third-order valence-corrected chi connectivity index (χ3v) is 5.94. The highest BCUT2D eigenvalue weighted by atomic mass is 32.2. The van der Waals surface area contributed by atoms with Crippen molar-refractivity contribution in [2.75, 3.05) is 7.11 Å². The monoisotopic (exact) mass is 370 g/mol. The van der Waals surface area contributed by atoms with Crippen molar-refractivity contribution >= 4 is 15.9 Å². The molecular weight excluding hydrogens is 356 g/mol. The van der Waals surface area contributed by atoms with Crippen LogP contribution in [0.2, 0.25) is 0 Å². The number of fused-ring (bicyclic) bond motifs is 1. The zero-order valence-corrected chi connectivity index (χ0v) is 14.6. The number of carbonyl (C=O) groups is 1. The summed E-state index contributed by atoms with van der Waals surface area (Å²) in [5, 5.41) is 3.96. The summed E-state index contributed by atoms with van der Waals surface area (Å²) in [6.07, 6.45) is 0. The van der Waals surface area contributed by atoms with Gasteiger partial charge in [-0.3, -0.25) is 4.79 Å². The van der Waals surface area contributed by atoms with Crippen molar-refractivity contribution in [3.8, 4) is 17.0 Å². The lowest BCUT2D eigenvalue weighted by Crippen LogP contribution is -2.29. The summed E-state index contributed by atoms with van der Waals surface area (Å²) in [4.78, 5) is 12.4. The van der Waals surface area contributed by atoms with Gasteiger partial charge in [-0.1, -0.05) is 17.3 Å². The second-order valence-corrected chi connectivity index (χ2v) is 7.55. The minimum Gasteiger partial charge on any atom is -0.497 e. The highest BCUT2D eigenvalue weighted by Crippen LogP contribution is 2.32. The van der Waals surface area contributed by atoms with Gasteiger partial charge in [-0.05, 0) is 36.4 Å². The van der Waals surface area contributed by atoms with Crippen molar-refractivity contribution in [3.63, 3.8) is 0 Å². The number of ether oxygens (including phenoxy) is 1. The molecule has 0 fully saturated rings. The molecule has 1 aliphatic heterocycles. The van der Waals surface area contributed by atoms with Gasteiger partial charge in [-0.15, -0.1) is 0 Å². The third kappa shape index (κ3) is 2.55. The second kappa shape index (κ2) is 5.99. The number of carbonyl (C=O) groups excluding carboxylic acids is 1. The molecule has 8 heteroatoms. The van der Waals surface area contributed by atoms with Crippen molar-refractivity contribution in [1.82, 2.24) is 9.46 Å². The molecule has 0 N–H and O–H groups in total. The van der Waals surface area contributed by atoms with Crippen LogP contribution in [0.4, 0.5) is 0 Å². The Labute approximate surface area is 149 Å². The van der Waals surface area contributed by atoms with Crippen molar-refractivity contribution in [1.29, 1.82) is 0 Å². The fourth-order valence-corrected chi connectivity index (χ4v) is 4.35. The van der Waals surface area contributed by atoms with Gasteiger partial charge in [0.1, 0.15) is 16.3 Å². The number of methoxy groups -OCH3 is 1. The van der Waals surface area contributed by atoms with Crippen LogP contribution in [-0.4, -0.2) is 30.9 Å². The largest absolute Gasteiger partial charge is 0.497 e. The quantitative estimate of drug-likeness (QED) is 0.701. The van der Waals surface area contributed by atoms with Crippen LogP contribution >= 0.6 is 0 Å². The molecule has 0 atom stereocenters. The van der Waals surface area contributed by atoms with E-state index in [4.69, 9.17) is 9.26 Å². The van der Waals surface area contributed by atoms with Gasteiger partial charge in [0.2, 0.25) is 0 Å². The van der Waals surface area contributed by atoms with Crippen LogP contribution in [0.1, 0.15) is 16.1 Å².